The Morgan fingerprint density at radius 3 is 2.20 bits per heavy atom. The summed E-state index contributed by atoms with van der Waals surface area (Å²) in [6, 6.07) is 14.4. The monoisotopic (exact) mass is 420 g/mol. The molecule has 1 N–H and O–H groups in total. The fourth-order valence-corrected chi connectivity index (χ4v) is 3.29. The number of carbonyl (C=O) groups is 2. The Kier molecular flexibility index (Phi) is 5.76. The van der Waals surface area contributed by atoms with Crippen LogP contribution in [-0.2, 0) is 4.79 Å². The average Bonchev–Trinajstić information content (AvgIpc) is 2.64. The molecule has 2 amide bonds. The molecular formula is C19H18BrClN2O2. The molecule has 0 spiro atoms. The highest BCUT2D eigenvalue weighted by atomic mass is 79.9. The minimum Gasteiger partial charge on any atom is -0.339 e. The summed E-state index contributed by atoms with van der Waals surface area (Å²) >= 11 is 9.23. The third-order valence-electron chi connectivity index (χ3n) is 4.36. The molecule has 0 unspecified atom stereocenters. The van der Waals surface area contributed by atoms with Crippen LogP contribution in [0.15, 0.2) is 53.0 Å². The van der Waals surface area contributed by atoms with Gasteiger partial charge in [-0.15, -0.1) is 0 Å². The number of benzene rings is 2. The van der Waals surface area contributed by atoms with Crippen molar-refractivity contribution in [2.45, 2.75) is 12.8 Å². The van der Waals surface area contributed by atoms with Gasteiger partial charge in [0.15, 0.2) is 0 Å². The van der Waals surface area contributed by atoms with E-state index < -0.39 is 0 Å². The van der Waals surface area contributed by atoms with Gasteiger partial charge in [-0.25, -0.2) is 0 Å². The highest BCUT2D eigenvalue weighted by molar-refractivity contribution is 9.10. The van der Waals surface area contributed by atoms with Crippen molar-refractivity contribution in [3.05, 3.63) is 63.6 Å². The van der Waals surface area contributed by atoms with E-state index >= 15 is 0 Å². The SMILES string of the molecule is O=C(Nc1ccc(Br)cc1)C1CCN(C(=O)c2ccc(Cl)cc2)CC1. The van der Waals surface area contributed by atoms with Crippen molar-refractivity contribution in [2.24, 2.45) is 5.92 Å². The van der Waals surface area contributed by atoms with E-state index in [2.05, 4.69) is 21.2 Å². The van der Waals surface area contributed by atoms with Crippen molar-refractivity contribution in [1.29, 1.82) is 0 Å². The summed E-state index contributed by atoms with van der Waals surface area (Å²) in [6.07, 6.45) is 1.34. The van der Waals surface area contributed by atoms with Crippen LogP contribution in [0.1, 0.15) is 23.2 Å². The van der Waals surface area contributed by atoms with Gasteiger partial charge in [-0.2, -0.15) is 0 Å². The predicted molar refractivity (Wildman–Crippen MR) is 103 cm³/mol. The van der Waals surface area contributed by atoms with E-state index in [0.29, 0.717) is 36.5 Å². The molecule has 2 aromatic rings. The zero-order valence-corrected chi connectivity index (χ0v) is 15.9. The second-order valence-corrected chi connectivity index (χ2v) is 7.42. The van der Waals surface area contributed by atoms with Crippen molar-refractivity contribution in [3.8, 4) is 0 Å². The van der Waals surface area contributed by atoms with Gasteiger partial charge < -0.3 is 10.2 Å². The molecular weight excluding hydrogens is 404 g/mol. The lowest BCUT2D eigenvalue weighted by molar-refractivity contribution is -0.121. The Balaban J connectivity index is 1.54. The third kappa shape index (κ3) is 4.61. The quantitative estimate of drug-likeness (QED) is 0.788. The average molecular weight is 422 g/mol. The van der Waals surface area contributed by atoms with Crippen LogP contribution in [0.2, 0.25) is 5.02 Å². The molecule has 25 heavy (non-hydrogen) atoms. The molecule has 4 nitrogen and oxygen atoms in total. The number of amides is 2. The Labute approximate surface area is 160 Å². The van der Waals surface area contributed by atoms with Crippen LogP contribution in [0.25, 0.3) is 0 Å². The summed E-state index contributed by atoms with van der Waals surface area (Å²) in [4.78, 5) is 26.7. The van der Waals surface area contributed by atoms with E-state index in [4.69, 9.17) is 11.6 Å². The highest BCUT2D eigenvalue weighted by Gasteiger charge is 2.27. The molecule has 0 bridgehead atoms. The Bertz CT molecular complexity index is 754. The molecule has 130 valence electrons. The summed E-state index contributed by atoms with van der Waals surface area (Å²) in [7, 11) is 0. The predicted octanol–water partition coefficient (Wildman–Crippen LogP) is 4.59. The minimum atomic E-state index is -0.0714. The van der Waals surface area contributed by atoms with Gasteiger partial charge in [-0.3, -0.25) is 9.59 Å². The molecule has 0 aromatic heterocycles. The summed E-state index contributed by atoms with van der Waals surface area (Å²) in [5.41, 5.74) is 1.41. The van der Waals surface area contributed by atoms with Gasteiger partial charge in [0.25, 0.3) is 5.91 Å². The van der Waals surface area contributed by atoms with E-state index in [0.717, 1.165) is 10.2 Å². The van der Waals surface area contributed by atoms with Crippen molar-refractivity contribution in [2.75, 3.05) is 18.4 Å². The summed E-state index contributed by atoms with van der Waals surface area (Å²) < 4.78 is 0.972. The van der Waals surface area contributed by atoms with E-state index in [-0.39, 0.29) is 17.7 Å². The molecule has 1 aliphatic rings. The zero-order chi connectivity index (χ0) is 17.8. The number of rotatable bonds is 3. The van der Waals surface area contributed by atoms with Crippen LogP contribution >= 0.6 is 27.5 Å². The number of hydrogen-bond donors (Lipinski definition) is 1. The lowest BCUT2D eigenvalue weighted by Crippen LogP contribution is -2.41. The Hall–Kier alpha value is -1.85. The summed E-state index contributed by atoms with van der Waals surface area (Å²) in [5, 5.41) is 3.55. The Morgan fingerprint density at radius 2 is 1.60 bits per heavy atom. The first-order valence-electron chi connectivity index (χ1n) is 8.14. The molecule has 6 heteroatoms. The topological polar surface area (TPSA) is 49.4 Å². The molecule has 3 rings (SSSR count). The van der Waals surface area contributed by atoms with Gasteiger partial charge in [0.05, 0.1) is 0 Å². The first-order chi connectivity index (χ1) is 12.0. The normalized spacial score (nSPS) is 15.0. The summed E-state index contributed by atoms with van der Waals surface area (Å²) in [6.45, 7) is 1.17. The number of hydrogen-bond acceptors (Lipinski definition) is 2. The second kappa shape index (κ2) is 8.02. The van der Waals surface area contributed by atoms with Gasteiger partial charge >= 0.3 is 0 Å². The largest absolute Gasteiger partial charge is 0.339 e. The molecule has 1 fully saturated rings. The molecule has 0 radical (unpaired) electrons. The first-order valence-corrected chi connectivity index (χ1v) is 9.31. The first kappa shape index (κ1) is 18.0. The lowest BCUT2D eigenvalue weighted by Gasteiger charge is -2.31. The number of nitrogens with zero attached hydrogens (tertiary/aromatic N) is 1. The van der Waals surface area contributed by atoms with Gasteiger partial charge in [0, 0.05) is 39.8 Å². The molecule has 2 aromatic carbocycles. The Morgan fingerprint density at radius 1 is 1.00 bits per heavy atom. The molecule has 1 saturated heterocycles. The second-order valence-electron chi connectivity index (χ2n) is 6.07. The maximum absolute atomic E-state index is 12.5. The van der Waals surface area contributed by atoms with Crippen molar-refractivity contribution < 1.29 is 9.59 Å². The highest BCUT2D eigenvalue weighted by Crippen LogP contribution is 2.22. The molecule has 0 saturated carbocycles. The number of carbonyl (C=O) groups excluding carboxylic acids is 2. The van der Waals surface area contributed by atoms with Crippen LogP contribution in [0.5, 0.6) is 0 Å². The van der Waals surface area contributed by atoms with E-state index in [9.17, 15) is 9.59 Å². The van der Waals surface area contributed by atoms with Gasteiger partial charge in [-0.05, 0) is 61.4 Å². The van der Waals surface area contributed by atoms with E-state index in [1.807, 2.05) is 24.3 Å². The van der Waals surface area contributed by atoms with E-state index in [1.165, 1.54) is 0 Å². The van der Waals surface area contributed by atoms with Gasteiger partial charge in [-0.1, -0.05) is 27.5 Å². The number of piperidine rings is 1. The molecule has 1 aliphatic heterocycles. The van der Waals surface area contributed by atoms with Crippen molar-refractivity contribution >= 4 is 45.0 Å². The summed E-state index contributed by atoms with van der Waals surface area (Å²) in [5.74, 6) is -0.0673. The van der Waals surface area contributed by atoms with Crippen LogP contribution in [0.4, 0.5) is 5.69 Å². The fourth-order valence-electron chi connectivity index (χ4n) is 2.90. The van der Waals surface area contributed by atoms with Crippen molar-refractivity contribution in [1.82, 2.24) is 4.90 Å². The standard InChI is InChI=1S/C19H18BrClN2O2/c20-15-3-7-17(8-4-15)22-18(24)13-9-11-23(12-10-13)19(25)14-1-5-16(21)6-2-14/h1-8,13H,9-12H2,(H,22,24). The van der Waals surface area contributed by atoms with Crippen LogP contribution in [-0.4, -0.2) is 29.8 Å². The van der Waals surface area contributed by atoms with Gasteiger partial charge in [0.1, 0.15) is 0 Å². The number of likely N-dealkylation sites (tertiary alicyclic amines) is 1. The minimum absolute atomic E-state index is 0.0107. The molecule has 1 heterocycles. The van der Waals surface area contributed by atoms with Crippen molar-refractivity contribution in [3.63, 3.8) is 0 Å². The number of nitrogens with one attached hydrogen (secondary N) is 1. The van der Waals surface area contributed by atoms with E-state index in [1.54, 1.807) is 29.2 Å². The fraction of sp³-hybridized carbons (Fsp3) is 0.263. The maximum Gasteiger partial charge on any atom is 0.253 e. The third-order valence-corrected chi connectivity index (χ3v) is 5.14. The lowest BCUT2D eigenvalue weighted by atomic mass is 9.95. The number of halogens is 2. The smallest absolute Gasteiger partial charge is 0.253 e. The molecule has 0 atom stereocenters. The van der Waals surface area contributed by atoms with Crippen LogP contribution < -0.4 is 5.32 Å². The van der Waals surface area contributed by atoms with Crippen LogP contribution in [0.3, 0.4) is 0 Å². The maximum atomic E-state index is 12.5. The van der Waals surface area contributed by atoms with Gasteiger partial charge in [0.2, 0.25) is 5.91 Å². The zero-order valence-electron chi connectivity index (χ0n) is 13.5. The molecule has 0 aliphatic carbocycles. The number of anilines is 1. The van der Waals surface area contributed by atoms with Crippen LogP contribution in [0, 0.1) is 5.92 Å².